The average molecular weight is 384 g/mol. The largest absolute Gasteiger partial charge is 0.295 e. The predicted octanol–water partition coefficient (Wildman–Crippen LogP) is 4.60. The Morgan fingerprint density at radius 2 is 1.84 bits per heavy atom. The average Bonchev–Trinajstić information content (AvgIpc) is 2.58. The molecule has 0 radical (unpaired) electrons. The van der Waals surface area contributed by atoms with Crippen LogP contribution in [0.1, 0.15) is 5.56 Å². The topological polar surface area (TPSA) is 19.4 Å². The van der Waals surface area contributed by atoms with Gasteiger partial charge in [-0.05, 0) is 53.8 Å². The van der Waals surface area contributed by atoms with Crippen LogP contribution in [0.25, 0.3) is 11.1 Å². The van der Waals surface area contributed by atoms with Crippen LogP contribution in [0.4, 0.5) is 8.78 Å². The van der Waals surface area contributed by atoms with E-state index >= 15 is 0 Å². The van der Waals surface area contributed by atoms with Crippen LogP contribution in [-0.4, -0.2) is 53.3 Å². The minimum atomic E-state index is -2.26. The second-order valence-electron chi connectivity index (χ2n) is 6.06. The third kappa shape index (κ3) is 5.14. The van der Waals surface area contributed by atoms with Crippen LogP contribution in [0.5, 0.6) is 0 Å². The summed E-state index contributed by atoms with van der Waals surface area (Å²) < 4.78 is 27.2. The molecule has 0 amide bonds. The molecule has 1 aliphatic heterocycles. The highest BCUT2D eigenvalue weighted by atomic mass is 35.5. The fourth-order valence-corrected chi connectivity index (χ4v) is 3.99. The van der Waals surface area contributed by atoms with Gasteiger partial charge in [0.25, 0.3) is 6.43 Å². The summed E-state index contributed by atoms with van der Waals surface area (Å²) in [6.45, 7) is 4.87. The van der Waals surface area contributed by atoms with Crippen LogP contribution < -0.4 is 0 Å². The number of halogens is 3. The van der Waals surface area contributed by atoms with Gasteiger partial charge in [-0.2, -0.15) is 0 Å². The van der Waals surface area contributed by atoms with Gasteiger partial charge in [-0.1, -0.05) is 23.7 Å². The van der Waals surface area contributed by atoms with Crippen LogP contribution in [0.15, 0.2) is 41.4 Å². The summed E-state index contributed by atoms with van der Waals surface area (Å²) in [6, 6.07) is 10.1. The predicted molar refractivity (Wildman–Crippen MR) is 99.3 cm³/mol. The van der Waals surface area contributed by atoms with Crippen molar-refractivity contribution in [2.75, 3.05) is 32.7 Å². The second kappa shape index (κ2) is 8.45. The Bertz CT molecular complexity index is 721. The summed E-state index contributed by atoms with van der Waals surface area (Å²) in [6.07, 6.45) is -0.558. The van der Waals surface area contributed by atoms with Crippen molar-refractivity contribution in [2.24, 2.45) is 0 Å². The molecule has 1 aromatic heterocycles. The first-order chi connectivity index (χ1) is 12.0. The molecule has 2 aromatic rings. The number of aromatic nitrogens is 1. The SMILES string of the molecule is Cc1ccc(-c2ccnc(Cl)c2)cc1SN1CCN(CC(F)F)CC1. The summed E-state index contributed by atoms with van der Waals surface area (Å²) in [4.78, 5) is 7.02. The number of piperazine rings is 1. The first kappa shape index (κ1) is 18.6. The zero-order valence-electron chi connectivity index (χ0n) is 14.0. The maximum absolute atomic E-state index is 12.5. The minimum Gasteiger partial charge on any atom is -0.295 e. The fraction of sp³-hybridized carbons (Fsp3) is 0.389. The zero-order chi connectivity index (χ0) is 17.8. The van der Waals surface area contributed by atoms with Gasteiger partial charge in [0.2, 0.25) is 0 Å². The van der Waals surface area contributed by atoms with Crippen molar-refractivity contribution in [1.29, 1.82) is 0 Å². The fourth-order valence-electron chi connectivity index (χ4n) is 2.80. The molecule has 3 nitrogen and oxygen atoms in total. The number of alkyl halides is 2. The van der Waals surface area contributed by atoms with Crippen LogP contribution >= 0.6 is 23.5 Å². The lowest BCUT2D eigenvalue weighted by Crippen LogP contribution is -2.45. The van der Waals surface area contributed by atoms with E-state index in [1.807, 2.05) is 17.0 Å². The molecular formula is C18H20ClF2N3S. The molecule has 0 aliphatic carbocycles. The van der Waals surface area contributed by atoms with E-state index in [-0.39, 0.29) is 6.54 Å². The molecule has 7 heteroatoms. The Kier molecular flexibility index (Phi) is 6.28. The van der Waals surface area contributed by atoms with E-state index in [1.54, 1.807) is 18.1 Å². The maximum Gasteiger partial charge on any atom is 0.251 e. The summed E-state index contributed by atoms with van der Waals surface area (Å²) in [5, 5.41) is 0.474. The summed E-state index contributed by atoms with van der Waals surface area (Å²) >= 11 is 7.68. The monoisotopic (exact) mass is 383 g/mol. The van der Waals surface area contributed by atoms with Crippen LogP contribution in [0.3, 0.4) is 0 Å². The molecule has 0 saturated carbocycles. The van der Waals surface area contributed by atoms with Crippen molar-refractivity contribution < 1.29 is 8.78 Å². The van der Waals surface area contributed by atoms with Gasteiger partial charge in [0.1, 0.15) is 5.15 Å². The van der Waals surface area contributed by atoms with Crippen molar-refractivity contribution in [3.63, 3.8) is 0 Å². The number of rotatable bonds is 5. The van der Waals surface area contributed by atoms with Gasteiger partial charge in [-0.25, -0.2) is 18.1 Å². The van der Waals surface area contributed by atoms with Crippen molar-refractivity contribution in [3.8, 4) is 11.1 Å². The Labute approximate surface area is 156 Å². The third-order valence-electron chi connectivity index (χ3n) is 4.20. The van der Waals surface area contributed by atoms with Crippen molar-refractivity contribution in [1.82, 2.24) is 14.2 Å². The Morgan fingerprint density at radius 1 is 1.12 bits per heavy atom. The molecule has 1 aromatic carbocycles. The molecule has 134 valence electrons. The summed E-state index contributed by atoms with van der Waals surface area (Å²) in [5.74, 6) is 0. The molecule has 25 heavy (non-hydrogen) atoms. The summed E-state index contributed by atoms with van der Waals surface area (Å²) in [7, 11) is 0. The van der Waals surface area contributed by atoms with Gasteiger partial charge in [-0.3, -0.25) is 4.90 Å². The number of nitrogens with zero attached hydrogens (tertiary/aromatic N) is 3. The molecule has 1 aliphatic rings. The van der Waals surface area contributed by atoms with E-state index < -0.39 is 6.43 Å². The van der Waals surface area contributed by atoms with Crippen LogP contribution in [0.2, 0.25) is 5.15 Å². The van der Waals surface area contributed by atoms with Gasteiger partial charge in [0.05, 0.1) is 6.54 Å². The third-order valence-corrected chi connectivity index (χ3v) is 5.67. The molecule has 0 atom stereocenters. The number of aryl methyl sites for hydroxylation is 1. The quantitative estimate of drug-likeness (QED) is 0.555. The van der Waals surface area contributed by atoms with E-state index in [4.69, 9.17) is 11.6 Å². The van der Waals surface area contributed by atoms with Gasteiger partial charge >= 0.3 is 0 Å². The standard InChI is InChI=1S/C18H20ClF2N3S/c1-13-2-3-14(15-4-5-22-17(19)11-15)10-16(13)25-24-8-6-23(7-9-24)12-18(20)21/h2-5,10-11,18H,6-9,12H2,1H3. The highest BCUT2D eigenvalue weighted by molar-refractivity contribution is 7.97. The second-order valence-corrected chi connectivity index (χ2v) is 7.59. The molecule has 0 spiro atoms. The van der Waals surface area contributed by atoms with Gasteiger partial charge in [-0.15, -0.1) is 0 Å². The van der Waals surface area contributed by atoms with Crippen molar-refractivity contribution in [3.05, 3.63) is 47.2 Å². The van der Waals surface area contributed by atoms with Gasteiger partial charge in [0, 0.05) is 37.3 Å². The minimum absolute atomic E-state index is 0.129. The number of hydrogen-bond acceptors (Lipinski definition) is 4. The number of hydrogen-bond donors (Lipinski definition) is 0. The first-order valence-corrected chi connectivity index (χ1v) is 9.32. The van der Waals surface area contributed by atoms with Crippen molar-refractivity contribution in [2.45, 2.75) is 18.2 Å². The normalized spacial score (nSPS) is 16.5. The number of benzene rings is 1. The smallest absolute Gasteiger partial charge is 0.251 e. The first-order valence-electron chi connectivity index (χ1n) is 8.17. The lowest BCUT2D eigenvalue weighted by molar-refractivity contribution is 0.0730. The molecule has 0 bridgehead atoms. The molecular weight excluding hydrogens is 364 g/mol. The van der Waals surface area contributed by atoms with E-state index in [1.165, 1.54) is 10.5 Å². The highest BCUT2D eigenvalue weighted by Crippen LogP contribution is 2.32. The number of pyridine rings is 1. The van der Waals surface area contributed by atoms with E-state index in [0.717, 1.165) is 24.2 Å². The Balaban J connectivity index is 1.68. The van der Waals surface area contributed by atoms with Gasteiger partial charge in [0.15, 0.2) is 0 Å². The Morgan fingerprint density at radius 3 is 2.52 bits per heavy atom. The Hall–Kier alpha value is -1.21. The van der Waals surface area contributed by atoms with Crippen LogP contribution in [0, 0.1) is 6.92 Å². The summed E-state index contributed by atoms with van der Waals surface area (Å²) in [5.41, 5.74) is 3.32. The van der Waals surface area contributed by atoms with Gasteiger partial charge < -0.3 is 0 Å². The lowest BCUT2D eigenvalue weighted by Gasteiger charge is -2.33. The van der Waals surface area contributed by atoms with E-state index in [9.17, 15) is 8.78 Å². The molecule has 3 rings (SSSR count). The lowest BCUT2D eigenvalue weighted by atomic mass is 10.1. The molecule has 2 heterocycles. The van der Waals surface area contributed by atoms with E-state index in [2.05, 4.69) is 34.4 Å². The van der Waals surface area contributed by atoms with Crippen LogP contribution in [-0.2, 0) is 0 Å². The van der Waals surface area contributed by atoms with Crippen molar-refractivity contribution >= 4 is 23.5 Å². The van der Waals surface area contributed by atoms with E-state index in [0.29, 0.717) is 18.2 Å². The molecule has 0 unspecified atom stereocenters. The zero-order valence-corrected chi connectivity index (χ0v) is 15.5. The highest BCUT2D eigenvalue weighted by Gasteiger charge is 2.20. The molecule has 1 saturated heterocycles. The maximum atomic E-state index is 12.5. The molecule has 1 fully saturated rings. The molecule has 0 N–H and O–H groups in total.